The average molecular weight is 302 g/mol. The number of hydrogen-bond donors (Lipinski definition) is 1. The van der Waals surface area contributed by atoms with E-state index in [1.54, 1.807) is 30.6 Å². The summed E-state index contributed by atoms with van der Waals surface area (Å²) in [7, 11) is 0. The zero-order valence-electron chi connectivity index (χ0n) is 8.05. The second-order valence-electron chi connectivity index (χ2n) is 3.08. The van der Waals surface area contributed by atoms with Gasteiger partial charge in [-0.25, -0.2) is 4.39 Å². The van der Waals surface area contributed by atoms with Gasteiger partial charge in [0.05, 0.1) is 20.9 Å². The molecule has 0 aliphatic heterocycles. The van der Waals surface area contributed by atoms with Crippen LogP contribution in [-0.4, -0.2) is 4.98 Å². The number of pyridine rings is 1. The van der Waals surface area contributed by atoms with Crippen LogP contribution in [0.25, 0.3) is 0 Å². The number of hydrogen-bond acceptors (Lipinski definition) is 2. The van der Waals surface area contributed by atoms with E-state index < -0.39 is 5.82 Å². The maximum Gasteiger partial charge on any atom is 0.165 e. The molecule has 2 nitrogen and oxygen atoms in total. The lowest BCUT2D eigenvalue weighted by Gasteiger charge is -2.09. The number of nitrogens with one attached hydrogen (secondary N) is 1. The number of halogens is 3. The molecule has 1 N–H and O–H groups in total. The molecule has 0 fully saturated rings. The minimum absolute atomic E-state index is 0.0928. The Kier molecular flexibility index (Phi) is 3.41. The Hall–Kier alpha value is -1.13. The molecule has 0 saturated carbocycles. The van der Waals surface area contributed by atoms with Crippen LogP contribution < -0.4 is 5.32 Å². The largest absolute Gasteiger partial charge is 0.352 e. The first-order valence-electron chi connectivity index (χ1n) is 4.49. The van der Waals surface area contributed by atoms with Gasteiger partial charge in [0.15, 0.2) is 5.82 Å². The lowest BCUT2D eigenvalue weighted by molar-refractivity contribution is 0.632. The van der Waals surface area contributed by atoms with Crippen LogP contribution in [0.5, 0.6) is 0 Å². The van der Waals surface area contributed by atoms with Crippen LogP contribution in [0.15, 0.2) is 41.1 Å². The SMILES string of the molecule is Fc1c(Cl)cccc1Nc1ccncc1Br. The molecule has 0 radical (unpaired) electrons. The number of aromatic nitrogens is 1. The van der Waals surface area contributed by atoms with E-state index in [9.17, 15) is 4.39 Å². The summed E-state index contributed by atoms with van der Waals surface area (Å²) in [5.41, 5.74) is 1.07. The molecular formula is C11H7BrClFN2. The van der Waals surface area contributed by atoms with Crippen molar-refractivity contribution in [2.24, 2.45) is 0 Å². The Morgan fingerprint density at radius 3 is 2.81 bits per heavy atom. The highest BCUT2D eigenvalue weighted by molar-refractivity contribution is 9.10. The number of anilines is 2. The van der Waals surface area contributed by atoms with E-state index in [0.29, 0.717) is 5.69 Å². The molecule has 0 amide bonds. The third-order valence-corrected chi connectivity index (χ3v) is 2.92. The van der Waals surface area contributed by atoms with E-state index in [0.717, 1.165) is 10.2 Å². The first-order chi connectivity index (χ1) is 7.68. The van der Waals surface area contributed by atoms with E-state index in [4.69, 9.17) is 11.6 Å². The van der Waals surface area contributed by atoms with Gasteiger partial charge in [-0.3, -0.25) is 4.98 Å². The van der Waals surface area contributed by atoms with Gasteiger partial charge in [0.25, 0.3) is 0 Å². The fraction of sp³-hybridized carbons (Fsp3) is 0. The standard InChI is InChI=1S/C11H7BrClFN2/c12-7-6-15-5-4-9(7)16-10-3-1-2-8(13)11(10)14/h1-6H,(H,15,16). The fourth-order valence-electron chi connectivity index (χ4n) is 1.22. The Balaban J connectivity index is 2.35. The Morgan fingerprint density at radius 1 is 1.25 bits per heavy atom. The summed E-state index contributed by atoms with van der Waals surface area (Å²) in [4.78, 5) is 3.92. The topological polar surface area (TPSA) is 24.9 Å². The van der Waals surface area contributed by atoms with Crippen molar-refractivity contribution in [2.75, 3.05) is 5.32 Å². The molecule has 82 valence electrons. The predicted octanol–water partition coefficient (Wildman–Crippen LogP) is 4.38. The molecule has 0 spiro atoms. The highest BCUT2D eigenvalue weighted by Gasteiger charge is 2.07. The van der Waals surface area contributed by atoms with Crippen LogP contribution in [-0.2, 0) is 0 Å². The molecule has 0 aliphatic rings. The van der Waals surface area contributed by atoms with Crippen LogP contribution in [0.4, 0.5) is 15.8 Å². The van der Waals surface area contributed by atoms with Gasteiger partial charge in [-0.15, -0.1) is 0 Å². The minimum Gasteiger partial charge on any atom is -0.352 e. The summed E-state index contributed by atoms with van der Waals surface area (Å²) in [6.45, 7) is 0. The summed E-state index contributed by atoms with van der Waals surface area (Å²) in [6, 6.07) is 6.55. The van der Waals surface area contributed by atoms with Gasteiger partial charge in [-0.05, 0) is 34.1 Å². The molecular weight excluding hydrogens is 294 g/mol. The summed E-state index contributed by atoms with van der Waals surface area (Å²) >= 11 is 9.00. The van der Waals surface area contributed by atoms with E-state index in [1.165, 1.54) is 6.07 Å². The third kappa shape index (κ3) is 2.33. The monoisotopic (exact) mass is 300 g/mol. The Bertz CT molecular complexity index is 519. The third-order valence-electron chi connectivity index (χ3n) is 1.99. The van der Waals surface area contributed by atoms with Crippen molar-refractivity contribution in [3.8, 4) is 0 Å². The molecule has 0 atom stereocenters. The van der Waals surface area contributed by atoms with Gasteiger partial charge in [0.1, 0.15) is 0 Å². The molecule has 1 heterocycles. The van der Waals surface area contributed by atoms with Crippen molar-refractivity contribution in [2.45, 2.75) is 0 Å². The number of benzene rings is 1. The van der Waals surface area contributed by atoms with Crippen LogP contribution in [0.1, 0.15) is 0 Å². The Morgan fingerprint density at radius 2 is 2.06 bits per heavy atom. The highest BCUT2D eigenvalue weighted by atomic mass is 79.9. The molecule has 0 aliphatic carbocycles. The first kappa shape index (κ1) is 11.4. The van der Waals surface area contributed by atoms with Crippen LogP contribution in [0.3, 0.4) is 0 Å². The van der Waals surface area contributed by atoms with Gasteiger partial charge in [-0.1, -0.05) is 17.7 Å². The number of rotatable bonds is 2. The fourth-order valence-corrected chi connectivity index (χ4v) is 1.75. The van der Waals surface area contributed by atoms with E-state index >= 15 is 0 Å². The zero-order valence-corrected chi connectivity index (χ0v) is 10.4. The molecule has 1 aromatic heterocycles. The minimum atomic E-state index is -0.465. The van der Waals surface area contributed by atoms with Crippen molar-refractivity contribution < 1.29 is 4.39 Å². The highest BCUT2D eigenvalue weighted by Crippen LogP contribution is 2.28. The zero-order chi connectivity index (χ0) is 11.5. The lowest BCUT2D eigenvalue weighted by Crippen LogP contribution is -1.95. The average Bonchev–Trinajstić information content (AvgIpc) is 2.28. The van der Waals surface area contributed by atoms with Crippen molar-refractivity contribution in [3.63, 3.8) is 0 Å². The van der Waals surface area contributed by atoms with Gasteiger partial charge in [0, 0.05) is 12.4 Å². The second-order valence-corrected chi connectivity index (χ2v) is 4.34. The van der Waals surface area contributed by atoms with Crippen molar-refractivity contribution >= 4 is 38.9 Å². The summed E-state index contributed by atoms with van der Waals surface area (Å²) in [5, 5.41) is 3.03. The van der Waals surface area contributed by atoms with Crippen LogP contribution >= 0.6 is 27.5 Å². The quantitative estimate of drug-likeness (QED) is 0.890. The second kappa shape index (κ2) is 4.80. The predicted molar refractivity (Wildman–Crippen MR) is 66.6 cm³/mol. The molecule has 1 aromatic carbocycles. The molecule has 0 saturated heterocycles. The van der Waals surface area contributed by atoms with Crippen molar-refractivity contribution in [1.82, 2.24) is 4.98 Å². The molecule has 2 aromatic rings. The molecule has 16 heavy (non-hydrogen) atoms. The van der Waals surface area contributed by atoms with Crippen LogP contribution in [0.2, 0.25) is 5.02 Å². The van der Waals surface area contributed by atoms with Gasteiger partial charge in [0.2, 0.25) is 0 Å². The van der Waals surface area contributed by atoms with Crippen LogP contribution in [0, 0.1) is 5.82 Å². The summed E-state index contributed by atoms with van der Waals surface area (Å²) in [5.74, 6) is -0.465. The Labute approximate surface area is 106 Å². The lowest BCUT2D eigenvalue weighted by atomic mass is 10.3. The molecule has 0 bridgehead atoms. The summed E-state index contributed by atoms with van der Waals surface area (Å²) in [6.07, 6.45) is 3.25. The van der Waals surface area contributed by atoms with Gasteiger partial charge >= 0.3 is 0 Å². The van der Waals surface area contributed by atoms with E-state index in [1.807, 2.05) is 0 Å². The normalized spacial score (nSPS) is 10.2. The smallest absolute Gasteiger partial charge is 0.165 e. The molecule has 0 unspecified atom stereocenters. The molecule has 2 rings (SSSR count). The maximum absolute atomic E-state index is 13.6. The molecule has 5 heteroatoms. The first-order valence-corrected chi connectivity index (χ1v) is 5.66. The summed E-state index contributed by atoms with van der Waals surface area (Å²) < 4.78 is 14.4. The van der Waals surface area contributed by atoms with Gasteiger partial charge in [-0.2, -0.15) is 0 Å². The number of nitrogens with zero attached hydrogens (tertiary/aromatic N) is 1. The van der Waals surface area contributed by atoms with Gasteiger partial charge < -0.3 is 5.32 Å². The van der Waals surface area contributed by atoms with Crippen molar-refractivity contribution in [3.05, 3.63) is 52.0 Å². The van der Waals surface area contributed by atoms with E-state index in [2.05, 4.69) is 26.2 Å². The van der Waals surface area contributed by atoms with Crippen molar-refractivity contribution in [1.29, 1.82) is 0 Å². The van der Waals surface area contributed by atoms with E-state index in [-0.39, 0.29) is 5.02 Å². The maximum atomic E-state index is 13.6.